The molecule has 1 heterocycles. The van der Waals surface area contributed by atoms with Crippen molar-refractivity contribution < 1.29 is 4.79 Å². The highest BCUT2D eigenvalue weighted by atomic mass is 32.2. The van der Waals surface area contributed by atoms with E-state index in [1.54, 1.807) is 9.47 Å². The number of carbonyl (C=O) groups is 1. The molecule has 0 N–H and O–H groups in total. The van der Waals surface area contributed by atoms with E-state index in [-0.39, 0.29) is 23.3 Å². The first-order chi connectivity index (χ1) is 14.0. The lowest BCUT2D eigenvalue weighted by Gasteiger charge is -2.27. The van der Waals surface area contributed by atoms with Crippen molar-refractivity contribution in [3.8, 4) is 0 Å². The van der Waals surface area contributed by atoms with Crippen molar-refractivity contribution in [1.29, 1.82) is 0 Å². The molecule has 29 heavy (non-hydrogen) atoms. The molecule has 0 saturated carbocycles. The molecule has 152 valence electrons. The van der Waals surface area contributed by atoms with Crippen molar-refractivity contribution in [2.75, 3.05) is 10.7 Å². The largest absolute Gasteiger partial charge is 0.309 e. The molecule has 0 bridgehead atoms. The van der Waals surface area contributed by atoms with Gasteiger partial charge in [-0.25, -0.2) is 4.98 Å². The maximum atomic E-state index is 13.0. The van der Waals surface area contributed by atoms with Crippen molar-refractivity contribution >= 4 is 34.3 Å². The van der Waals surface area contributed by atoms with Crippen LogP contribution in [0, 0.1) is 0 Å². The van der Waals surface area contributed by atoms with E-state index in [4.69, 9.17) is 4.98 Å². The molecule has 0 radical (unpaired) electrons. The summed E-state index contributed by atoms with van der Waals surface area (Å²) in [6.07, 6.45) is 1.88. The third-order valence-electron chi connectivity index (χ3n) is 4.71. The van der Waals surface area contributed by atoms with Crippen LogP contribution >= 0.6 is 11.8 Å². The van der Waals surface area contributed by atoms with E-state index >= 15 is 0 Å². The number of thioether (sulfide) groups is 1. The average molecular weight is 410 g/mol. The Bertz CT molecular complexity index is 1030. The SMILES string of the molecule is CCCCn1c(SCC(=O)N(c2ccccc2)C(C)C)nc2ccccc2c1=O. The molecule has 3 rings (SSSR count). The zero-order valence-electron chi connectivity index (χ0n) is 17.2. The topological polar surface area (TPSA) is 55.2 Å². The van der Waals surface area contributed by atoms with Gasteiger partial charge in [-0.1, -0.05) is 55.4 Å². The summed E-state index contributed by atoms with van der Waals surface area (Å²) >= 11 is 1.34. The fourth-order valence-electron chi connectivity index (χ4n) is 3.29. The Labute approximate surface area is 175 Å². The molecule has 0 aliphatic rings. The minimum absolute atomic E-state index is 0.000601. The first-order valence-corrected chi connectivity index (χ1v) is 11.0. The summed E-state index contributed by atoms with van der Waals surface area (Å²) in [6, 6.07) is 17.1. The number of carbonyl (C=O) groups excluding carboxylic acids is 1. The van der Waals surface area contributed by atoms with Gasteiger partial charge in [0, 0.05) is 18.3 Å². The molecule has 1 aromatic heterocycles. The number of fused-ring (bicyclic) bond motifs is 1. The monoisotopic (exact) mass is 409 g/mol. The third kappa shape index (κ3) is 4.88. The van der Waals surface area contributed by atoms with E-state index < -0.39 is 0 Å². The molecule has 1 amide bonds. The molecule has 5 nitrogen and oxygen atoms in total. The maximum absolute atomic E-state index is 13.0. The molecule has 3 aromatic rings. The summed E-state index contributed by atoms with van der Waals surface area (Å²) in [5, 5.41) is 1.22. The summed E-state index contributed by atoms with van der Waals surface area (Å²) in [5.74, 6) is 0.227. The summed E-state index contributed by atoms with van der Waals surface area (Å²) in [6.45, 7) is 6.70. The van der Waals surface area contributed by atoms with Crippen molar-refractivity contribution in [3.05, 3.63) is 65.0 Å². The highest BCUT2D eigenvalue weighted by Gasteiger charge is 2.20. The predicted molar refractivity (Wildman–Crippen MR) is 121 cm³/mol. The van der Waals surface area contributed by atoms with Gasteiger partial charge < -0.3 is 4.90 Å². The Balaban J connectivity index is 1.88. The summed E-state index contributed by atoms with van der Waals surface area (Å²) in [4.78, 5) is 32.5. The number of rotatable bonds is 8. The zero-order chi connectivity index (χ0) is 20.8. The molecule has 0 unspecified atom stereocenters. The van der Waals surface area contributed by atoms with Gasteiger partial charge in [-0.15, -0.1) is 0 Å². The molecule has 0 aliphatic carbocycles. The number of hydrogen-bond donors (Lipinski definition) is 0. The Morgan fingerprint density at radius 1 is 1.10 bits per heavy atom. The Morgan fingerprint density at radius 3 is 2.48 bits per heavy atom. The fourth-order valence-corrected chi connectivity index (χ4v) is 4.17. The Kier molecular flexibility index (Phi) is 7.09. The lowest BCUT2D eigenvalue weighted by Crippen LogP contribution is -2.38. The van der Waals surface area contributed by atoms with Gasteiger partial charge >= 0.3 is 0 Å². The second-order valence-electron chi connectivity index (χ2n) is 7.20. The van der Waals surface area contributed by atoms with Crippen LogP contribution in [0.5, 0.6) is 0 Å². The van der Waals surface area contributed by atoms with E-state index in [0.717, 1.165) is 18.5 Å². The number of unbranched alkanes of at least 4 members (excludes halogenated alkanes) is 1. The molecule has 0 aliphatic heterocycles. The molecule has 0 fully saturated rings. The van der Waals surface area contributed by atoms with Crippen LogP contribution in [-0.4, -0.2) is 27.3 Å². The van der Waals surface area contributed by atoms with Crippen LogP contribution in [0.1, 0.15) is 33.6 Å². The predicted octanol–water partition coefficient (Wildman–Crippen LogP) is 4.73. The Morgan fingerprint density at radius 2 is 1.79 bits per heavy atom. The zero-order valence-corrected chi connectivity index (χ0v) is 18.0. The standard InChI is InChI=1S/C23H27N3O2S/c1-4-5-15-25-22(28)19-13-9-10-14-20(19)24-23(25)29-16-21(27)26(17(2)3)18-11-7-6-8-12-18/h6-14,17H,4-5,15-16H2,1-3H3. The highest BCUT2D eigenvalue weighted by Crippen LogP contribution is 2.22. The first kappa shape index (κ1) is 21.1. The van der Waals surface area contributed by atoms with Crippen LogP contribution in [0.15, 0.2) is 64.5 Å². The maximum Gasteiger partial charge on any atom is 0.262 e. The van der Waals surface area contributed by atoms with E-state index in [1.807, 2.05) is 68.4 Å². The van der Waals surface area contributed by atoms with Crippen LogP contribution in [0.25, 0.3) is 10.9 Å². The van der Waals surface area contributed by atoms with E-state index in [2.05, 4.69) is 6.92 Å². The molecule has 2 aromatic carbocycles. The summed E-state index contributed by atoms with van der Waals surface area (Å²) in [7, 11) is 0. The second kappa shape index (κ2) is 9.74. The van der Waals surface area contributed by atoms with E-state index in [0.29, 0.717) is 22.6 Å². The van der Waals surface area contributed by atoms with Crippen molar-refractivity contribution in [1.82, 2.24) is 9.55 Å². The highest BCUT2D eigenvalue weighted by molar-refractivity contribution is 7.99. The van der Waals surface area contributed by atoms with Gasteiger partial charge in [-0.05, 0) is 44.5 Å². The van der Waals surface area contributed by atoms with E-state index in [9.17, 15) is 9.59 Å². The quantitative estimate of drug-likeness (QED) is 0.399. The average Bonchev–Trinajstić information content (AvgIpc) is 2.72. The lowest BCUT2D eigenvalue weighted by molar-refractivity contribution is -0.116. The lowest BCUT2D eigenvalue weighted by atomic mass is 10.2. The number of para-hydroxylation sites is 2. The van der Waals surface area contributed by atoms with Gasteiger partial charge in [0.2, 0.25) is 5.91 Å². The van der Waals surface area contributed by atoms with Crippen molar-refractivity contribution in [2.45, 2.75) is 51.4 Å². The molecule has 0 saturated heterocycles. The number of hydrogen-bond acceptors (Lipinski definition) is 4. The van der Waals surface area contributed by atoms with Crippen LogP contribution in [-0.2, 0) is 11.3 Å². The van der Waals surface area contributed by atoms with Gasteiger partial charge in [-0.2, -0.15) is 0 Å². The normalized spacial score (nSPS) is 11.2. The summed E-state index contributed by atoms with van der Waals surface area (Å²) < 4.78 is 1.71. The molecular formula is C23H27N3O2S. The number of aromatic nitrogens is 2. The van der Waals surface area contributed by atoms with Crippen LogP contribution in [0.2, 0.25) is 0 Å². The Hall–Kier alpha value is -2.60. The smallest absolute Gasteiger partial charge is 0.262 e. The fraction of sp³-hybridized carbons (Fsp3) is 0.348. The molecular weight excluding hydrogens is 382 g/mol. The van der Waals surface area contributed by atoms with Crippen LogP contribution in [0.3, 0.4) is 0 Å². The van der Waals surface area contributed by atoms with Crippen LogP contribution in [0.4, 0.5) is 5.69 Å². The number of benzene rings is 2. The summed E-state index contributed by atoms with van der Waals surface area (Å²) in [5.41, 5.74) is 1.51. The van der Waals surface area contributed by atoms with Gasteiger partial charge in [0.25, 0.3) is 5.56 Å². The van der Waals surface area contributed by atoms with Crippen molar-refractivity contribution in [3.63, 3.8) is 0 Å². The second-order valence-corrected chi connectivity index (χ2v) is 8.15. The van der Waals surface area contributed by atoms with Crippen LogP contribution < -0.4 is 10.5 Å². The molecule has 0 atom stereocenters. The first-order valence-electron chi connectivity index (χ1n) is 10.0. The van der Waals surface area contributed by atoms with E-state index in [1.165, 1.54) is 11.8 Å². The van der Waals surface area contributed by atoms with Crippen molar-refractivity contribution in [2.24, 2.45) is 0 Å². The van der Waals surface area contributed by atoms with Gasteiger partial charge in [0.05, 0.1) is 16.7 Å². The van der Waals surface area contributed by atoms with Gasteiger partial charge in [0.15, 0.2) is 5.16 Å². The third-order valence-corrected chi connectivity index (χ3v) is 5.67. The number of anilines is 1. The van der Waals surface area contributed by atoms with Gasteiger partial charge in [-0.3, -0.25) is 14.2 Å². The molecule has 6 heteroatoms. The van der Waals surface area contributed by atoms with Gasteiger partial charge in [0.1, 0.15) is 0 Å². The number of nitrogens with zero attached hydrogens (tertiary/aromatic N) is 3. The number of amides is 1. The molecule has 0 spiro atoms. The minimum atomic E-state index is -0.0391. The minimum Gasteiger partial charge on any atom is -0.309 e.